The van der Waals surface area contributed by atoms with Gasteiger partial charge in [0.1, 0.15) is 11.6 Å². The summed E-state index contributed by atoms with van der Waals surface area (Å²) in [6, 6.07) is 8.96. The average Bonchev–Trinajstić information content (AvgIpc) is 3.01. The Kier molecular flexibility index (Phi) is 6.38. The summed E-state index contributed by atoms with van der Waals surface area (Å²) < 4.78 is 28.6. The summed E-state index contributed by atoms with van der Waals surface area (Å²) in [5.41, 5.74) is 2.00. The van der Waals surface area contributed by atoms with Gasteiger partial charge in [-0.25, -0.2) is 12.7 Å². The fraction of sp³-hybridized carbons (Fsp3) is 0.583. The Bertz CT molecular complexity index is 1000. The Morgan fingerprint density at radius 2 is 1.61 bits per heavy atom. The van der Waals surface area contributed by atoms with Crippen molar-refractivity contribution in [2.75, 3.05) is 0 Å². The molecule has 2 fully saturated rings. The molecule has 7 heteroatoms. The van der Waals surface area contributed by atoms with Crippen LogP contribution in [0.2, 0.25) is 0 Å². The summed E-state index contributed by atoms with van der Waals surface area (Å²) in [6.07, 6.45) is 10.3. The van der Waals surface area contributed by atoms with Gasteiger partial charge in [0.05, 0.1) is 10.9 Å². The summed E-state index contributed by atoms with van der Waals surface area (Å²) in [5, 5.41) is 22.5. The highest BCUT2D eigenvalue weighted by atomic mass is 32.2. The molecule has 166 valence electrons. The molecule has 2 aliphatic carbocycles. The van der Waals surface area contributed by atoms with Crippen molar-refractivity contribution >= 4 is 15.9 Å². The Balaban J connectivity index is 1.78. The van der Waals surface area contributed by atoms with Gasteiger partial charge < -0.3 is 5.32 Å². The van der Waals surface area contributed by atoms with Gasteiger partial charge in [-0.3, -0.25) is 5.41 Å². The van der Waals surface area contributed by atoms with Crippen molar-refractivity contribution in [3.8, 4) is 6.07 Å². The summed E-state index contributed by atoms with van der Waals surface area (Å²) in [5.74, 6) is -0.238. The highest BCUT2D eigenvalue weighted by molar-refractivity contribution is 7.89. The van der Waals surface area contributed by atoms with Crippen molar-refractivity contribution in [1.29, 1.82) is 10.7 Å². The standard InChI is InChI=1S/C24H32N4O2S/c1-17-12-14-19(15-13-17)31(29,30)28-22-11-7-3-6-10-20(22)23(21(16-25)24(28)26)27-18-8-4-2-5-9-18/h12-15,18,20,22,26-27H,2-11H2,1H3. The van der Waals surface area contributed by atoms with E-state index in [0.29, 0.717) is 12.5 Å². The number of hydrogen-bond donors (Lipinski definition) is 2. The molecule has 1 aromatic carbocycles. The molecule has 0 amide bonds. The molecule has 2 saturated carbocycles. The van der Waals surface area contributed by atoms with Crippen LogP contribution >= 0.6 is 0 Å². The summed E-state index contributed by atoms with van der Waals surface area (Å²) in [4.78, 5) is 0.187. The Morgan fingerprint density at radius 3 is 2.26 bits per heavy atom. The van der Waals surface area contributed by atoms with Crippen LogP contribution in [-0.2, 0) is 10.0 Å². The molecule has 2 unspecified atom stereocenters. The Morgan fingerprint density at radius 1 is 1.00 bits per heavy atom. The van der Waals surface area contributed by atoms with Crippen LogP contribution in [0.5, 0.6) is 0 Å². The Labute approximate surface area is 185 Å². The van der Waals surface area contributed by atoms with Crippen LogP contribution in [0.3, 0.4) is 0 Å². The second-order valence-corrected chi connectivity index (χ2v) is 11.0. The topological polar surface area (TPSA) is 97.1 Å². The number of aryl methyl sites for hydroxylation is 1. The first-order valence-corrected chi connectivity index (χ1v) is 13.0. The first kappa shape index (κ1) is 21.9. The molecular formula is C24H32N4O2S. The number of hydrogen-bond acceptors (Lipinski definition) is 5. The molecule has 2 N–H and O–H groups in total. The van der Waals surface area contributed by atoms with Crippen molar-refractivity contribution in [2.24, 2.45) is 5.92 Å². The van der Waals surface area contributed by atoms with Gasteiger partial charge in [-0.2, -0.15) is 5.26 Å². The van der Waals surface area contributed by atoms with Crippen LogP contribution in [-0.4, -0.2) is 30.6 Å². The van der Waals surface area contributed by atoms with Crippen LogP contribution < -0.4 is 5.32 Å². The zero-order valence-corrected chi connectivity index (χ0v) is 19.0. The number of nitrogens with one attached hydrogen (secondary N) is 2. The van der Waals surface area contributed by atoms with Crippen molar-refractivity contribution < 1.29 is 8.42 Å². The molecule has 0 saturated heterocycles. The van der Waals surface area contributed by atoms with E-state index in [1.165, 1.54) is 23.6 Å². The SMILES string of the molecule is Cc1ccc(S(=O)(=O)N2C(=N)C(C#N)=C(NC3CCCCC3)C3CCCCCC32)cc1. The molecule has 1 heterocycles. The molecule has 1 aliphatic heterocycles. The second kappa shape index (κ2) is 9.04. The van der Waals surface area contributed by atoms with E-state index in [-0.39, 0.29) is 28.3 Å². The number of rotatable bonds is 4. The van der Waals surface area contributed by atoms with E-state index in [1.54, 1.807) is 24.3 Å². The van der Waals surface area contributed by atoms with Gasteiger partial charge in [0.25, 0.3) is 10.0 Å². The molecule has 3 aliphatic rings. The van der Waals surface area contributed by atoms with Gasteiger partial charge in [-0.05, 0) is 44.7 Å². The van der Waals surface area contributed by atoms with Gasteiger partial charge in [-0.15, -0.1) is 0 Å². The normalized spacial score (nSPS) is 25.5. The molecular weight excluding hydrogens is 408 g/mol. The largest absolute Gasteiger partial charge is 0.384 e. The highest BCUT2D eigenvalue weighted by Crippen LogP contribution is 2.40. The highest BCUT2D eigenvalue weighted by Gasteiger charge is 2.46. The van der Waals surface area contributed by atoms with E-state index in [2.05, 4.69) is 11.4 Å². The average molecular weight is 441 g/mol. The number of amidine groups is 1. The van der Waals surface area contributed by atoms with Crippen LogP contribution in [0, 0.1) is 29.6 Å². The first-order valence-electron chi connectivity index (χ1n) is 11.5. The van der Waals surface area contributed by atoms with Gasteiger partial charge in [0.2, 0.25) is 0 Å². The maximum absolute atomic E-state index is 13.7. The van der Waals surface area contributed by atoms with Crippen LogP contribution in [0.15, 0.2) is 40.4 Å². The minimum Gasteiger partial charge on any atom is -0.384 e. The van der Waals surface area contributed by atoms with Gasteiger partial charge in [-0.1, -0.05) is 56.2 Å². The third kappa shape index (κ3) is 4.23. The minimum absolute atomic E-state index is 0.0617. The molecule has 31 heavy (non-hydrogen) atoms. The van der Waals surface area contributed by atoms with Crippen molar-refractivity contribution in [2.45, 2.75) is 88.1 Å². The lowest BCUT2D eigenvalue weighted by molar-refractivity contribution is 0.283. The molecule has 4 rings (SSSR count). The third-order valence-corrected chi connectivity index (χ3v) is 8.87. The lowest BCUT2D eigenvalue weighted by atomic mass is 9.84. The monoisotopic (exact) mass is 440 g/mol. The van der Waals surface area contributed by atoms with Crippen LogP contribution in [0.25, 0.3) is 0 Å². The summed E-state index contributed by atoms with van der Waals surface area (Å²) in [6.45, 7) is 1.92. The fourth-order valence-electron chi connectivity index (χ4n) is 5.38. The zero-order chi connectivity index (χ0) is 22.0. The maximum atomic E-state index is 13.7. The Hall–Kier alpha value is -2.33. The van der Waals surface area contributed by atoms with E-state index in [0.717, 1.165) is 49.8 Å². The molecule has 0 bridgehead atoms. The number of fused-ring (bicyclic) bond motifs is 1. The van der Waals surface area contributed by atoms with E-state index in [1.807, 2.05) is 6.92 Å². The van der Waals surface area contributed by atoms with Gasteiger partial charge in [0.15, 0.2) is 5.84 Å². The lowest BCUT2D eigenvalue weighted by Gasteiger charge is -2.43. The van der Waals surface area contributed by atoms with Gasteiger partial charge in [0, 0.05) is 17.7 Å². The van der Waals surface area contributed by atoms with Crippen LogP contribution in [0.1, 0.15) is 69.8 Å². The van der Waals surface area contributed by atoms with E-state index >= 15 is 0 Å². The second-order valence-electron chi connectivity index (χ2n) is 9.15. The quantitative estimate of drug-likeness (QED) is 0.713. The van der Waals surface area contributed by atoms with E-state index in [9.17, 15) is 13.7 Å². The smallest absolute Gasteiger partial charge is 0.265 e. The molecule has 0 radical (unpaired) electrons. The van der Waals surface area contributed by atoms with E-state index < -0.39 is 10.0 Å². The lowest BCUT2D eigenvalue weighted by Crippen LogP contribution is -2.54. The van der Waals surface area contributed by atoms with E-state index in [4.69, 9.17) is 5.41 Å². The van der Waals surface area contributed by atoms with Crippen molar-refractivity contribution in [1.82, 2.24) is 9.62 Å². The summed E-state index contributed by atoms with van der Waals surface area (Å²) in [7, 11) is -3.92. The first-order chi connectivity index (χ1) is 14.9. The van der Waals surface area contributed by atoms with Gasteiger partial charge >= 0.3 is 0 Å². The molecule has 1 aromatic rings. The van der Waals surface area contributed by atoms with Crippen molar-refractivity contribution in [3.63, 3.8) is 0 Å². The number of nitriles is 1. The molecule has 0 aromatic heterocycles. The third-order valence-electron chi connectivity index (χ3n) is 7.03. The molecule has 2 atom stereocenters. The fourth-order valence-corrected chi connectivity index (χ4v) is 7.02. The summed E-state index contributed by atoms with van der Waals surface area (Å²) >= 11 is 0. The number of nitrogens with zero attached hydrogens (tertiary/aromatic N) is 2. The van der Waals surface area contributed by atoms with Crippen molar-refractivity contribution in [3.05, 3.63) is 41.1 Å². The predicted molar refractivity (Wildman–Crippen MR) is 121 cm³/mol. The molecule has 0 spiro atoms. The van der Waals surface area contributed by atoms with Crippen LogP contribution in [0.4, 0.5) is 0 Å². The number of sulfonamides is 1. The minimum atomic E-state index is -3.92. The zero-order valence-electron chi connectivity index (χ0n) is 18.2. The molecule has 6 nitrogen and oxygen atoms in total. The number of benzene rings is 1. The maximum Gasteiger partial charge on any atom is 0.265 e. The predicted octanol–water partition coefficient (Wildman–Crippen LogP) is 4.63.